The van der Waals surface area contributed by atoms with Gasteiger partial charge in [-0.25, -0.2) is 0 Å². The molecule has 0 bridgehead atoms. The number of carbonyl (C=O) groups excluding carboxylic acids is 1. The zero-order chi connectivity index (χ0) is 16.7. The van der Waals surface area contributed by atoms with Gasteiger partial charge in [0.15, 0.2) is 0 Å². The van der Waals surface area contributed by atoms with Gasteiger partial charge in [0.2, 0.25) is 5.91 Å². The van der Waals surface area contributed by atoms with E-state index >= 15 is 0 Å². The van der Waals surface area contributed by atoms with Crippen molar-refractivity contribution in [2.24, 2.45) is 0 Å². The Hall–Kier alpha value is -1.65. The smallest absolute Gasteiger partial charge is 0.243 e. The van der Waals surface area contributed by atoms with Gasteiger partial charge in [-0.1, -0.05) is 49.8 Å². The van der Waals surface area contributed by atoms with Crippen LogP contribution in [0.2, 0.25) is 0 Å². The molecule has 1 aromatic carbocycles. The molecule has 1 aromatic rings. The summed E-state index contributed by atoms with van der Waals surface area (Å²) in [4.78, 5) is 14.3. The Morgan fingerprint density at radius 2 is 2.00 bits per heavy atom. The predicted molar refractivity (Wildman–Crippen MR) is 92.9 cm³/mol. The minimum Gasteiger partial charge on any atom is -0.392 e. The highest BCUT2D eigenvalue weighted by atomic mass is 16.3. The summed E-state index contributed by atoms with van der Waals surface area (Å²) in [5, 5.41) is 13.0. The average molecular weight is 316 g/mol. The molecule has 1 saturated heterocycles. The van der Waals surface area contributed by atoms with Gasteiger partial charge in [0, 0.05) is 31.8 Å². The maximum atomic E-state index is 12.0. The van der Waals surface area contributed by atoms with Crippen LogP contribution in [0.25, 0.3) is 0 Å². The number of hydrogen-bond donors (Lipinski definition) is 2. The second-order valence-corrected chi connectivity index (χ2v) is 6.21. The Kier molecular flexibility index (Phi) is 6.81. The molecule has 0 radical (unpaired) electrons. The topological polar surface area (TPSA) is 52.6 Å². The molecule has 1 fully saturated rings. The SMILES string of the molecule is CCC(=CC(=O)NCC1CC(O)CN1Cc1ccccc1)CC. The molecule has 2 unspecified atom stereocenters. The maximum Gasteiger partial charge on any atom is 0.243 e. The Labute approximate surface area is 139 Å². The third-order valence-electron chi connectivity index (χ3n) is 4.49. The first-order valence-electron chi connectivity index (χ1n) is 8.55. The number of nitrogens with zero attached hydrogens (tertiary/aromatic N) is 1. The van der Waals surface area contributed by atoms with E-state index in [1.807, 2.05) is 18.2 Å². The van der Waals surface area contributed by atoms with Crippen LogP contribution in [0.1, 0.15) is 38.7 Å². The van der Waals surface area contributed by atoms with Crippen molar-refractivity contribution in [3.8, 4) is 0 Å². The lowest BCUT2D eigenvalue weighted by molar-refractivity contribution is -0.116. The van der Waals surface area contributed by atoms with Gasteiger partial charge < -0.3 is 10.4 Å². The Morgan fingerprint density at radius 3 is 2.65 bits per heavy atom. The lowest BCUT2D eigenvalue weighted by atomic mass is 10.1. The highest BCUT2D eigenvalue weighted by Crippen LogP contribution is 2.20. The highest BCUT2D eigenvalue weighted by Gasteiger charge is 2.30. The predicted octanol–water partition coefficient (Wildman–Crippen LogP) is 2.48. The molecule has 1 heterocycles. The monoisotopic (exact) mass is 316 g/mol. The Morgan fingerprint density at radius 1 is 1.30 bits per heavy atom. The maximum absolute atomic E-state index is 12.0. The van der Waals surface area contributed by atoms with E-state index < -0.39 is 0 Å². The van der Waals surface area contributed by atoms with Crippen LogP contribution in [-0.4, -0.2) is 41.1 Å². The fourth-order valence-corrected chi connectivity index (χ4v) is 3.09. The van der Waals surface area contributed by atoms with Gasteiger partial charge in [-0.2, -0.15) is 0 Å². The number of rotatable bonds is 7. The summed E-state index contributed by atoms with van der Waals surface area (Å²) >= 11 is 0. The quantitative estimate of drug-likeness (QED) is 0.760. The summed E-state index contributed by atoms with van der Waals surface area (Å²) < 4.78 is 0. The lowest BCUT2D eigenvalue weighted by Gasteiger charge is -2.24. The molecule has 0 aromatic heterocycles. The van der Waals surface area contributed by atoms with Crippen molar-refractivity contribution in [3.63, 3.8) is 0 Å². The minimum atomic E-state index is -0.307. The minimum absolute atomic E-state index is 0.0234. The van der Waals surface area contributed by atoms with Crippen LogP contribution in [0.4, 0.5) is 0 Å². The largest absolute Gasteiger partial charge is 0.392 e. The van der Waals surface area contributed by atoms with E-state index in [1.54, 1.807) is 6.08 Å². The van der Waals surface area contributed by atoms with E-state index in [4.69, 9.17) is 0 Å². The molecular weight excluding hydrogens is 288 g/mol. The summed E-state index contributed by atoms with van der Waals surface area (Å²) in [7, 11) is 0. The molecule has 2 atom stereocenters. The first-order chi connectivity index (χ1) is 11.1. The summed E-state index contributed by atoms with van der Waals surface area (Å²) in [5.41, 5.74) is 2.40. The van der Waals surface area contributed by atoms with Crippen LogP contribution in [0.15, 0.2) is 42.0 Å². The third kappa shape index (κ3) is 5.48. The number of benzene rings is 1. The normalized spacial score (nSPS) is 21.2. The lowest BCUT2D eigenvalue weighted by Crippen LogP contribution is -2.39. The summed E-state index contributed by atoms with van der Waals surface area (Å²) in [6.45, 7) is 6.19. The molecule has 1 amide bonds. The number of likely N-dealkylation sites (tertiary alicyclic amines) is 1. The van der Waals surface area contributed by atoms with Crippen molar-refractivity contribution in [2.75, 3.05) is 13.1 Å². The summed E-state index contributed by atoms with van der Waals surface area (Å²) in [6, 6.07) is 10.4. The summed E-state index contributed by atoms with van der Waals surface area (Å²) in [6.07, 6.45) is 3.94. The van der Waals surface area contributed by atoms with Gasteiger partial charge in [0.25, 0.3) is 0 Å². The molecule has 0 spiro atoms. The number of aliphatic hydroxyl groups excluding tert-OH is 1. The van der Waals surface area contributed by atoms with E-state index in [-0.39, 0.29) is 18.1 Å². The molecule has 2 N–H and O–H groups in total. The van der Waals surface area contributed by atoms with Gasteiger partial charge in [0.1, 0.15) is 0 Å². The molecule has 4 heteroatoms. The van der Waals surface area contributed by atoms with Crippen LogP contribution in [0.3, 0.4) is 0 Å². The van der Waals surface area contributed by atoms with Crippen LogP contribution < -0.4 is 5.32 Å². The highest BCUT2D eigenvalue weighted by molar-refractivity contribution is 5.88. The fraction of sp³-hybridized carbons (Fsp3) is 0.526. The van der Waals surface area contributed by atoms with Gasteiger partial charge in [-0.3, -0.25) is 9.69 Å². The zero-order valence-corrected chi connectivity index (χ0v) is 14.2. The average Bonchev–Trinajstić information content (AvgIpc) is 2.91. The molecule has 1 aliphatic rings. The van der Waals surface area contributed by atoms with E-state index in [0.717, 1.165) is 25.0 Å². The second kappa shape index (κ2) is 8.85. The summed E-state index contributed by atoms with van der Waals surface area (Å²) in [5.74, 6) is -0.0234. The number of carbonyl (C=O) groups is 1. The van der Waals surface area contributed by atoms with E-state index in [9.17, 15) is 9.90 Å². The van der Waals surface area contributed by atoms with Crippen LogP contribution in [-0.2, 0) is 11.3 Å². The molecule has 126 valence electrons. The van der Waals surface area contributed by atoms with Crippen molar-refractivity contribution in [1.82, 2.24) is 10.2 Å². The number of amides is 1. The standard InChI is InChI=1S/C19H28N2O2/c1-3-15(4-2)10-19(23)20-12-17-11-18(22)14-21(17)13-16-8-6-5-7-9-16/h5-10,17-18,22H,3-4,11-14H2,1-2H3,(H,20,23). The molecular formula is C19H28N2O2. The number of β-amino-alcohol motifs (C(OH)–C–C–N with tert-alkyl or cyclic N) is 1. The van der Waals surface area contributed by atoms with Crippen LogP contribution in [0, 0.1) is 0 Å². The van der Waals surface area contributed by atoms with Crippen molar-refractivity contribution >= 4 is 5.91 Å². The van der Waals surface area contributed by atoms with E-state index in [2.05, 4.69) is 36.2 Å². The van der Waals surface area contributed by atoms with Gasteiger partial charge >= 0.3 is 0 Å². The van der Waals surface area contributed by atoms with Crippen molar-refractivity contribution in [3.05, 3.63) is 47.5 Å². The molecule has 1 aliphatic heterocycles. The second-order valence-electron chi connectivity index (χ2n) is 6.21. The van der Waals surface area contributed by atoms with Crippen molar-refractivity contribution < 1.29 is 9.90 Å². The third-order valence-corrected chi connectivity index (χ3v) is 4.49. The van der Waals surface area contributed by atoms with Gasteiger partial charge in [-0.05, 0) is 24.8 Å². The number of nitrogens with one attached hydrogen (secondary N) is 1. The first-order valence-corrected chi connectivity index (χ1v) is 8.55. The van der Waals surface area contributed by atoms with Crippen molar-refractivity contribution in [2.45, 2.75) is 51.8 Å². The van der Waals surface area contributed by atoms with E-state index in [1.165, 1.54) is 5.56 Å². The van der Waals surface area contributed by atoms with E-state index in [0.29, 0.717) is 19.5 Å². The van der Waals surface area contributed by atoms with Crippen LogP contribution in [0.5, 0.6) is 0 Å². The Bertz CT molecular complexity index is 521. The molecule has 0 aliphatic carbocycles. The van der Waals surface area contributed by atoms with Gasteiger partial charge in [0.05, 0.1) is 6.10 Å². The number of allylic oxidation sites excluding steroid dienone is 1. The van der Waals surface area contributed by atoms with Crippen LogP contribution >= 0.6 is 0 Å². The zero-order valence-electron chi connectivity index (χ0n) is 14.2. The number of aliphatic hydroxyl groups is 1. The first kappa shape index (κ1) is 17.7. The molecule has 4 nitrogen and oxygen atoms in total. The fourth-order valence-electron chi connectivity index (χ4n) is 3.09. The van der Waals surface area contributed by atoms with Gasteiger partial charge in [-0.15, -0.1) is 0 Å². The molecule has 23 heavy (non-hydrogen) atoms. The Balaban J connectivity index is 1.89. The number of hydrogen-bond acceptors (Lipinski definition) is 3. The molecule has 0 saturated carbocycles. The van der Waals surface area contributed by atoms with Crippen molar-refractivity contribution in [1.29, 1.82) is 0 Å². The molecule has 2 rings (SSSR count).